The fourth-order valence-corrected chi connectivity index (χ4v) is 12.6. The van der Waals surface area contributed by atoms with Crippen LogP contribution in [-0.2, 0) is 23.8 Å². The van der Waals surface area contributed by atoms with Crippen LogP contribution in [0.25, 0.3) is 0 Å². The largest absolute Gasteiger partial charge is 0.454 e. The van der Waals surface area contributed by atoms with Crippen LogP contribution in [0.2, 0.25) is 0 Å². The van der Waals surface area contributed by atoms with Crippen molar-refractivity contribution in [2.75, 3.05) is 13.2 Å². The minimum Gasteiger partial charge on any atom is -0.454 e. The van der Waals surface area contributed by atoms with Crippen molar-refractivity contribution in [3.05, 3.63) is 36.5 Å². The third-order valence-electron chi connectivity index (χ3n) is 18.8. The van der Waals surface area contributed by atoms with E-state index in [0.717, 1.165) is 64.2 Å². The highest BCUT2D eigenvalue weighted by atomic mass is 16.7. The van der Waals surface area contributed by atoms with E-state index in [1.807, 2.05) is 6.08 Å². The van der Waals surface area contributed by atoms with Crippen LogP contribution in [0.5, 0.6) is 0 Å². The van der Waals surface area contributed by atoms with E-state index in [-0.39, 0.29) is 13.0 Å². The molecule has 90 heavy (non-hydrogen) atoms. The van der Waals surface area contributed by atoms with Crippen molar-refractivity contribution in [2.45, 2.75) is 442 Å². The molecule has 0 radical (unpaired) electrons. The molecule has 0 aromatic carbocycles. The second-order valence-electron chi connectivity index (χ2n) is 27.5. The lowest BCUT2D eigenvalue weighted by atomic mass is 9.99. The number of rotatable bonds is 69. The lowest BCUT2D eigenvalue weighted by Crippen LogP contribution is -2.61. The van der Waals surface area contributed by atoms with Crippen molar-refractivity contribution in [3.8, 4) is 0 Å². The lowest BCUT2D eigenvalue weighted by molar-refractivity contribution is -0.305. The van der Waals surface area contributed by atoms with Crippen LogP contribution >= 0.6 is 0 Å². The zero-order chi connectivity index (χ0) is 65.3. The topological polar surface area (TPSA) is 175 Å². The third kappa shape index (κ3) is 53.2. The average Bonchev–Trinajstić information content (AvgIpc) is 1.18. The first kappa shape index (κ1) is 85.9. The smallest absolute Gasteiger partial charge is 0.306 e. The van der Waals surface area contributed by atoms with Crippen molar-refractivity contribution in [3.63, 3.8) is 0 Å². The molecule has 0 aromatic heterocycles. The summed E-state index contributed by atoms with van der Waals surface area (Å²) in [5, 5.41) is 57.4. The van der Waals surface area contributed by atoms with Gasteiger partial charge >= 0.3 is 5.97 Å². The van der Waals surface area contributed by atoms with Crippen LogP contribution < -0.4 is 5.32 Å². The molecular weight excluding hydrogens is 1120 g/mol. The third-order valence-corrected chi connectivity index (χ3v) is 18.8. The van der Waals surface area contributed by atoms with Crippen LogP contribution in [0.15, 0.2) is 36.5 Å². The highest BCUT2D eigenvalue weighted by molar-refractivity contribution is 5.80. The van der Waals surface area contributed by atoms with Crippen LogP contribution in [0.3, 0.4) is 0 Å². The van der Waals surface area contributed by atoms with E-state index >= 15 is 0 Å². The van der Waals surface area contributed by atoms with Gasteiger partial charge in [-0.1, -0.05) is 365 Å². The minimum atomic E-state index is -1.61. The van der Waals surface area contributed by atoms with E-state index in [9.17, 15) is 35.1 Å². The number of allylic oxidation sites excluding steroid dienone is 5. The second-order valence-corrected chi connectivity index (χ2v) is 27.5. The van der Waals surface area contributed by atoms with Gasteiger partial charge in [0.2, 0.25) is 5.91 Å². The summed E-state index contributed by atoms with van der Waals surface area (Å²) in [4.78, 5) is 26.8. The quantitative estimate of drug-likeness (QED) is 0.0195. The Morgan fingerprint density at radius 2 is 0.767 bits per heavy atom. The molecule has 1 aliphatic rings. The normalized spacial score (nSPS) is 18.2. The van der Waals surface area contributed by atoms with Gasteiger partial charge < -0.3 is 45.1 Å². The van der Waals surface area contributed by atoms with Gasteiger partial charge in [-0.15, -0.1) is 0 Å². The number of nitrogens with one attached hydrogen (secondary N) is 1. The maximum atomic E-state index is 13.5. The Morgan fingerprint density at radius 3 is 1.16 bits per heavy atom. The summed E-state index contributed by atoms with van der Waals surface area (Å²) in [7, 11) is 0. The molecule has 1 amide bonds. The molecule has 8 unspecified atom stereocenters. The number of aliphatic hydroxyl groups excluding tert-OH is 5. The maximum absolute atomic E-state index is 13.5. The number of aliphatic hydroxyl groups is 5. The Morgan fingerprint density at radius 1 is 0.433 bits per heavy atom. The zero-order valence-corrected chi connectivity index (χ0v) is 59.3. The lowest BCUT2D eigenvalue weighted by Gasteiger charge is -2.41. The summed E-state index contributed by atoms with van der Waals surface area (Å²) in [6, 6.07) is -1.02. The molecule has 0 aliphatic carbocycles. The fourth-order valence-electron chi connectivity index (χ4n) is 12.6. The molecule has 1 rings (SSSR count). The summed E-state index contributed by atoms with van der Waals surface area (Å²) in [6.07, 6.45) is 73.4. The number of esters is 1. The molecule has 1 aliphatic heterocycles. The Labute approximate surface area is 555 Å². The molecule has 1 saturated heterocycles. The predicted molar refractivity (Wildman–Crippen MR) is 380 cm³/mol. The summed E-state index contributed by atoms with van der Waals surface area (Å²) in [5.74, 6) is -1.17. The Kier molecular flexibility index (Phi) is 63.8. The monoisotopic (exact) mass is 1270 g/mol. The highest BCUT2D eigenvalue weighted by Gasteiger charge is 2.47. The van der Waals surface area contributed by atoms with E-state index in [2.05, 4.69) is 50.4 Å². The maximum Gasteiger partial charge on any atom is 0.306 e. The first-order chi connectivity index (χ1) is 44.2. The fraction of sp³-hybridized carbons (Fsp3) is 0.899. The van der Waals surface area contributed by atoms with Gasteiger partial charge in [0.25, 0.3) is 0 Å². The van der Waals surface area contributed by atoms with Crippen molar-refractivity contribution >= 4 is 11.9 Å². The molecule has 8 atom stereocenters. The van der Waals surface area contributed by atoms with Gasteiger partial charge in [-0.25, -0.2) is 0 Å². The number of amides is 1. The van der Waals surface area contributed by atoms with E-state index in [0.29, 0.717) is 19.3 Å². The van der Waals surface area contributed by atoms with Gasteiger partial charge in [0.1, 0.15) is 24.4 Å². The minimum absolute atomic E-state index is 0.127. The molecular formula is C79H149NO10. The molecule has 11 heteroatoms. The first-order valence-electron chi connectivity index (χ1n) is 39.3. The van der Waals surface area contributed by atoms with Crippen LogP contribution in [-0.4, -0.2) is 99.6 Å². The molecule has 0 aromatic rings. The molecule has 530 valence electrons. The average molecular weight is 1270 g/mol. The van der Waals surface area contributed by atoms with Crippen LogP contribution in [0, 0.1) is 0 Å². The van der Waals surface area contributed by atoms with E-state index < -0.39 is 67.4 Å². The summed E-state index contributed by atoms with van der Waals surface area (Å²) >= 11 is 0. The van der Waals surface area contributed by atoms with E-state index in [1.165, 1.54) is 283 Å². The molecule has 1 heterocycles. The summed E-state index contributed by atoms with van der Waals surface area (Å²) in [5.41, 5.74) is 0. The summed E-state index contributed by atoms with van der Waals surface area (Å²) < 4.78 is 17.8. The molecule has 1 fully saturated rings. The van der Waals surface area contributed by atoms with Gasteiger partial charge in [-0.3, -0.25) is 9.59 Å². The number of carbonyl (C=O) groups is 2. The van der Waals surface area contributed by atoms with Gasteiger partial charge in [0.15, 0.2) is 12.4 Å². The Hall–Kier alpha value is -2.12. The standard InChI is InChI=1S/C79H149NO10/c1-4-7-10-13-16-19-22-25-27-29-31-33-35-37-39-41-43-45-47-49-52-55-58-61-64-67-74(84)90-77-76(86)75(85)73(68-81)89-79(77)88-69-70(71(82)65-62-59-56-53-50-24-21-18-15-12-9-6-3)80-78(87)72(83)66-63-60-57-54-51-48-46-44-42-40-38-36-34-32-30-28-26-23-20-17-14-11-8-5-2/h16,19,25,27,62,65,70-73,75-77,79,81-83,85-86H,4-15,17-18,20-24,26,28-61,63-64,66-69H2,1-3H3,(H,80,87)/b19-16-,27-25-,65-62+. The molecule has 0 saturated carbocycles. The van der Waals surface area contributed by atoms with Crippen molar-refractivity contribution < 1.29 is 49.3 Å². The van der Waals surface area contributed by atoms with Crippen molar-refractivity contribution in [1.82, 2.24) is 5.32 Å². The molecule has 6 N–H and O–H groups in total. The van der Waals surface area contributed by atoms with Gasteiger partial charge in [0, 0.05) is 6.42 Å². The van der Waals surface area contributed by atoms with Crippen molar-refractivity contribution in [2.24, 2.45) is 0 Å². The molecule has 11 nitrogen and oxygen atoms in total. The second kappa shape index (κ2) is 66.9. The molecule has 0 spiro atoms. The van der Waals surface area contributed by atoms with E-state index in [1.54, 1.807) is 6.08 Å². The number of hydrogen-bond donors (Lipinski definition) is 6. The highest BCUT2D eigenvalue weighted by Crippen LogP contribution is 2.27. The summed E-state index contributed by atoms with van der Waals surface area (Å²) in [6.45, 7) is 5.84. The molecule has 0 bridgehead atoms. The first-order valence-corrected chi connectivity index (χ1v) is 39.3. The zero-order valence-electron chi connectivity index (χ0n) is 59.3. The van der Waals surface area contributed by atoms with E-state index in [4.69, 9.17) is 14.2 Å². The van der Waals surface area contributed by atoms with Crippen LogP contribution in [0.4, 0.5) is 0 Å². The number of carbonyl (C=O) groups excluding carboxylic acids is 2. The van der Waals surface area contributed by atoms with Gasteiger partial charge in [-0.2, -0.15) is 0 Å². The number of unbranched alkanes of at least 4 members (excludes halogenated alkanes) is 51. The Bertz CT molecular complexity index is 1610. The van der Waals surface area contributed by atoms with Crippen molar-refractivity contribution in [1.29, 1.82) is 0 Å². The number of hydrogen-bond acceptors (Lipinski definition) is 10. The van der Waals surface area contributed by atoms with Gasteiger partial charge in [0.05, 0.1) is 25.4 Å². The predicted octanol–water partition coefficient (Wildman–Crippen LogP) is 20.9. The van der Waals surface area contributed by atoms with Gasteiger partial charge in [-0.05, 0) is 57.8 Å². The van der Waals surface area contributed by atoms with Crippen LogP contribution in [0.1, 0.15) is 393 Å². The Balaban J connectivity index is 2.49. The SMILES string of the molecule is CCCCC/C=C\C/C=C\CCCCCCCCCCCCCCCCCC(=O)OC1C(OCC(NC(=O)C(O)CCCCCCCCCCCCCCCCCCCCCCCCCC)C(O)/C=C/CCCCCCCCCCCC)OC(CO)C(O)C1O. The number of ether oxygens (including phenoxy) is 3.